The van der Waals surface area contributed by atoms with E-state index in [0.29, 0.717) is 13.0 Å². The molecule has 0 unspecified atom stereocenters. The van der Waals surface area contributed by atoms with Gasteiger partial charge in [0.2, 0.25) is 5.91 Å². The van der Waals surface area contributed by atoms with E-state index in [1.165, 1.54) is 16.7 Å². The minimum absolute atomic E-state index is 0.0672. The summed E-state index contributed by atoms with van der Waals surface area (Å²) in [4.78, 5) is 12.0. The van der Waals surface area contributed by atoms with Crippen molar-refractivity contribution in [1.29, 1.82) is 0 Å². The lowest BCUT2D eigenvalue weighted by atomic mass is 10.0. The summed E-state index contributed by atoms with van der Waals surface area (Å²) in [5, 5.41) is 2.97. The Labute approximate surface area is 120 Å². The number of hydrogen-bond acceptors (Lipinski definition) is 1. The van der Waals surface area contributed by atoms with E-state index in [4.69, 9.17) is 0 Å². The summed E-state index contributed by atoms with van der Waals surface area (Å²) in [6.07, 6.45) is 0.442. The first-order valence-corrected chi connectivity index (χ1v) is 6.93. The van der Waals surface area contributed by atoms with Crippen molar-refractivity contribution in [2.24, 2.45) is 0 Å². The van der Waals surface area contributed by atoms with Crippen LogP contribution in [-0.4, -0.2) is 5.91 Å². The fourth-order valence-electron chi connectivity index (χ4n) is 2.19. The van der Waals surface area contributed by atoms with Crippen molar-refractivity contribution >= 4 is 5.91 Å². The molecule has 0 atom stereocenters. The topological polar surface area (TPSA) is 29.1 Å². The molecule has 1 N–H and O–H groups in total. The molecular formula is C18H21NO. The zero-order valence-electron chi connectivity index (χ0n) is 12.4. The van der Waals surface area contributed by atoms with Gasteiger partial charge in [0.1, 0.15) is 0 Å². The molecule has 0 spiro atoms. The summed E-state index contributed by atoms with van der Waals surface area (Å²) in [7, 11) is 0. The highest BCUT2D eigenvalue weighted by molar-refractivity contribution is 5.78. The lowest BCUT2D eigenvalue weighted by Gasteiger charge is -2.08. The van der Waals surface area contributed by atoms with Crippen molar-refractivity contribution in [1.82, 2.24) is 5.32 Å². The summed E-state index contributed by atoms with van der Waals surface area (Å²) in [5.74, 6) is 0.0672. The van der Waals surface area contributed by atoms with E-state index in [1.807, 2.05) is 18.2 Å². The minimum atomic E-state index is 0.0672. The Bertz CT molecular complexity index is 599. The number of benzene rings is 2. The molecule has 1 amide bonds. The number of rotatable bonds is 4. The molecule has 0 aliphatic rings. The largest absolute Gasteiger partial charge is 0.352 e. The third kappa shape index (κ3) is 3.95. The molecule has 0 saturated carbocycles. The molecule has 2 nitrogen and oxygen atoms in total. The highest BCUT2D eigenvalue weighted by Gasteiger charge is 2.06. The van der Waals surface area contributed by atoms with Crippen molar-refractivity contribution in [3.8, 4) is 0 Å². The van der Waals surface area contributed by atoms with E-state index in [9.17, 15) is 4.79 Å². The predicted octanol–water partition coefficient (Wildman–Crippen LogP) is 3.47. The number of carbonyl (C=O) groups is 1. The fourth-order valence-corrected chi connectivity index (χ4v) is 2.19. The van der Waals surface area contributed by atoms with E-state index in [2.05, 4.69) is 50.4 Å². The van der Waals surface area contributed by atoms with E-state index in [1.54, 1.807) is 0 Å². The van der Waals surface area contributed by atoms with Crippen molar-refractivity contribution < 1.29 is 4.79 Å². The zero-order valence-corrected chi connectivity index (χ0v) is 12.4. The molecule has 0 aliphatic carbocycles. The molecule has 104 valence electrons. The third-order valence-corrected chi connectivity index (χ3v) is 3.46. The number of amides is 1. The Kier molecular flexibility index (Phi) is 4.57. The van der Waals surface area contributed by atoms with Crippen molar-refractivity contribution in [2.45, 2.75) is 33.7 Å². The molecule has 0 aliphatic heterocycles. The summed E-state index contributed by atoms with van der Waals surface area (Å²) in [6.45, 7) is 6.76. The normalized spacial score (nSPS) is 10.3. The Hall–Kier alpha value is -2.09. The van der Waals surface area contributed by atoms with Crippen LogP contribution in [0.15, 0.2) is 42.5 Å². The summed E-state index contributed by atoms with van der Waals surface area (Å²) >= 11 is 0. The minimum Gasteiger partial charge on any atom is -0.352 e. The quantitative estimate of drug-likeness (QED) is 0.903. The van der Waals surface area contributed by atoms with Crippen LogP contribution in [0.5, 0.6) is 0 Å². The first-order valence-electron chi connectivity index (χ1n) is 6.93. The van der Waals surface area contributed by atoms with Crippen LogP contribution < -0.4 is 5.32 Å². The van der Waals surface area contributed by atoms with Gasteiger partial charge in [0, 0.05) is 6.54 Å². The maximum absolute atomic E-state index is 12.0. The van der Waals surface area contributed by atoms with Gasteiger partial charge in [0.05, 0.1) is 6.42 Å². The van der Waals surface area contributed by atoms with E-state index >= 15 is 0 Å². The third-order valence-electron chi connectivity index (χ3n) is 3.46. The fraction of sp³-hybridized carbons (Fsp3) is 0.278. The van der Waals surface area contributed by atoms with Crippen molar-refractivity contribution in [2.75, 3.05) is 0 Å². The van der Waals surface area contributed by atoms with Crippen LogP contribution in [-0.2, 0) is 17.8 Å². The second-order valence-electron chi connectivity index (χ2n) is 5.37. The molecule has 0 saturated heterocycles. The van der Waals surface area contributed by atoms with Gasteiger partial charge in [-0.3, -0.25) is 4.79 Å². The molecule has 2 aromatic carbocycles. The van der Waals surface area contributed by atoms with Crippen LogP contribution in [0, 0.1) is 20.8 Å². The van der Waals surface area contributed by atoms with Gasteiger partial charge in [-0.1, -0.05) is 53.6 Å². The van der Waals surface area contributed by atoms with Crippen LogP contribution in [0.3, 0.4) is 0 Å². The van der Waals surface area contributed by atoms with Crippen molar-refractivity contribution in [3.63, 3.8) is 0 Å². The Morgan fingerprint density at radius 3 is 2.25 bits per heavy atom. The average molecular weight is 267 g/mol. The van der Waals surface area contributed by atoms with Crippen LogP contribution in [0.2, 0.25) is 0 Å². The zero-order chi connectivity index (χ0) is 14.5. The van der Waals surface area contributed by atoms with Gasteiger partial charge >= 0.3 is 0 Å². The van der Waals surface area contributed by atoms with Gasteiger partial charge in [-0.2, -0.15) is 0 Å². The van der Waals surface area contributed by atoms with Gasteiger partial charge in [-0.25, -0.2) is 0 Å². The van der Waals surface area contributed by atoms with Gasteiger partial charge in [0.25, 0.3) is 0 Å². The molecule has 20 heavy (non-hydrogen) atoms. The van der Waals surface area contributed by atoms with Crippen LogP contribution >= 0.6 is 0 Å². The summed E-state index contributed by atoms with van der Waals surface area (Å²) in [5.41, 5.74) is 5.86. The van der Waals surface area contributed by atoms with Gasteiger partial charge in [-0.05, 0) is 37.5 Å². The lowest BCUT2D eigenvalue weighted by molar-refractivity contribution is -0.120. The second kappa shape index (κ2) is 6.38. The maximum Gasteiger partial charge on any atom is 0.224 e. The van der Waals surface area contributed by atoms with E-state index < -0.39 is 0 Å². The predicted molar refractivity (Wildman–Crippen MR) is 82.6 cm³/mol. The number of carbonyl (C=O) groups excluding carboxylic acids is 1. The smallest absolute Gasteiger partial charge is 0.224 e. The maximum atomic E-state index is 12.0. The first kappa shape index (κ1) is 14.3. The van der Waals surface area contributed by atoms with Crippen LogP contribution in [0.4, 0.5) is 0 Å². The summed E-state index contributed by atoms with van der Waals surface area (Å²) < 4.78 is 0. The SMILES string of the molecule is Cc1ccc(CNC(=O)Cc2ccc(C)cc2C)cc1. The standard InChI is InChI=1S/C18H21NO/c1-13-4-7-16(8-5-13)12-19-18(20)11-17-9-6-14(2)10-15(17)3/h4-10H,11-12H2,1-3H3,(H,19,20). The van der Waals surface area contributed by atoms with Crippen LogP contribution in [0.25, 0.3) is 0 Å². The number of hydrogen-bond donors (Lipinski definition) is 1. The number of nitrogens with one attached hydrogen (secondary N) is 1. The summed E-state index contributed by atoms with van der Waals surface area (Å²) in [6, 6.07) is 14.4. The molecule has 2 aromatic rings. The highest BCUT2D eigenvalue weighted by atomic mass is 16.1. The molecule has 0 radical (unpaired) electrons. The van der Waals surface area contributed by atoms with E-state index in [0.717, 1.165) is 11.1 Å². The Balaban J connectivity index is 1.90. The number of aryl methyl sites for hydroxylation is 3. The van der Waals surface area contributed by atoms with Crippen molar-refractivity contribution in [3.05, 3.63) is 70.3 Å². The Morgan fingerprint density at radius 1 is 0.950 bits per heavy atom. The molecule has 0 fully saturated rings. The van der Waals surface area contributed by atoms with Gasteiger partial charge in [0.15, 0.2) is 0 Å². The monoisotopic (exact) mass is 267 g/mol. The molecule has 2 rings (SSSR count). The molecule has 0 bridgehead atoms. The second-order valence-corrected chi connectivity index (χ2v) is 5.37. The van der Waals surface area contributed by atoms with E-state index in [-0.39, 0.29) is 5.91 Å². The van der Waals surface area contributed by atoms with Gasteiger partial charge in [-0.15, -0.1) is 0 Å². The van der Waals surface area contributed by atoms with Crippen LogP contribution in [0.1, 0.15) is 27.8 Å². The lowest BCUT2D eigenvalue weighted by Crippen LogP contribution is -2.24. The van der Waals surface area contributed by atoms with Gasteiger partial charge < -0.3 is 5.32 Å². The highest BCUT2D eigenvalue weighted by Crippen LogP contribution is 2.11. The Morgan fingerprint density at radius 2 is 1.60 bits per heavy atom. The molecule has 0 aromatic heterocycles. The molecular weight excluding hydrogens is 246 g/mol. The molecule has 0 heterocycles. The molecule has 2 heteroatoms. The average Bonchev–Trinajstić information content (AvgIpc) is 2.41. The first-order chi connectivity index (χ1) is 9.54.